The predicted octanol–water partition coefficient (Wildman–Crippen LogP) is 4.13. The summed E-state index contributed by atoms with van der Waals surface area (Å²) in [6.07, 6.45) is 0.279. The lowest BCUT2D eigenvalue weighted by molar-refractivity contribution is -0.131. The summed E-state index contributed by atoms with van der Waals surface area (Å²) in [7, 11) is 0. The summed E-state index contributed by atoms with van der Waals surface area (Å²) < 4.78 is 10.6. The van der Waals surface area contributed by atoms with E-state index in [-0.39, 0.29) is 30.6 Å². The zero-order valence-electron chi connectivity index (χ0n) is 21.8. The quantitative estimate of drug-likeness (QED) is 0.118. The van der Waals surface area contributed by atoms with Gasteiger partial charge >= 0.3 is 5.97 Å². The molecule has 1 aliphatic heterocycles. The van der Waals surface area contributed by atoms with Crippen LogP contribution in [0.2, 0.25) is 10.0 Å². The maximum Gasteiger partial charge on any atom is 0.308 e. The fourth-order valence-corrected chi connectivity index (χ4v) is 4.62. The van der Waals surface area contributed by atoms with Crippen LogP contribution in [0.1, 0.15) is 46.0 Å². The van der Waals surface area contributed by atoms with Gasteiger partial charge < -0.3 is 9.47 Å². The van der Waals surface area contributed by atoms with E-state index in [0.29, 0.717) is 33.5 Å². The van der Waals surface area contributed by atoms with Crippen molar-refractivity contribution in [1.82, 2.24) is 15.8 Å². The highest BCUT2D eigenvalue weighted by atomic mass is 35.5. The molecule has 0 radical (unpaired) electrons. The number of hydrogen-bond donors (Lipinski definition) is 2. The zero-order valence-corrected chi connectivity index (χ0v) is 23.3. The number of halogens is 2. The zero-order chi connectivity index (χ0) is 29.5. The van der Waals surface area contributed by atoms with E-state index in [2.05, 4.69) is 10.9 Å². The van der Waals surface area contributed by atoms with Gasteiger partial charge in [-0.05, 0) is 54.4 Å². The monoisotopic (exact) mass is 597 g/mol. The average molecular weight is 598 g/mol. The molecule has 0 unspecified atom stereocenters. The van der Waals surface area contributed by atoms with Crippen LogP contribution in [0.15, 0.2) is 66.7 Å². The molecule has 1 atom stereocenters. The number of carbonyl (C=O) groups excluding carboxylic acids is 5. The molecule has 2 N–H and O–H groups in total. The number of amides is 4. The van der Waals surface area contributed by atoms with Crippen LogP contribution in [0.25, 0.3) is 0 Å². The molecule has 1 heterocycles. The van der Waals surface area contributed by atoms with Gasteiger partial charge in [-0.3, -0.25) is 39.7 Å². The first-order valence-corrected chi connectivity index (χ1v) is 13.3. The van der Waals surface area contributed by atoms with Crippen LogP contribution in [0, 0.1) is 0 Å². The van der Waals surface area contributed by atoms with Crippen molar-refractivity contribution < 1.29 is 33.4 Å². The molecule has 0 bridgehead atoms. The summed E-state index contributed by atoms with van der Waals surface area (Å²) in [5, 5.41) is 0.811. The number of benzene rings is 3. The van der Waals surface area contributed by atoms with Crippen LogP contribution in [-0.2, 0) is 20.8 Å². The first kappa shape index (κ1) is 29.6. The third-order valence-electron chi connectivity index (χ3n) is 6.08. The number of fused-ring (bicyclic) bond motifs is 1. The number of esters is 1. The number of ether oxygens (including phenoxy) is 2. The Labute approximate surface area is 245 Å². The van der Waals surface area contributed by atoms with Gasteiger partial charge in [-0.25, -0.2) is 0 Å². The minimum atomic E-state index is -1.28. The molecule has 4 amide bonds. The van der Waals surface area contributed by atoms with E-state index in [1.165, 1.54) is 31.2 Å². The lowest BCUT2D eigenvalue weighted by Crippen LogP contribution is -2.54. The van der Waals surface area contributed by atoms with Gasteiger partial charge in [-0.1, -0.05) is 47.5 Å². The van der Waals surface area contributed by atoms with Crippen molar-refractivity contribution in [1.29, 1.82) is 0 Å². The molecule has 212 valence electrons. The Morgan fingerprint density at radius 2 is 1.56 bits per heavy atom. The van der Waals surface area contributed by atoms with Crippen molar-refractivity contribution in [2.45, 2.75) is 32.2 Å². The van der Waals surface area contributed by atoms with Crippen molar-refractivity contribution in [2.75, 3.05) is 6.61 Å². The molecule has 0 aromatic heterocycles. The topological polar surface area (TPSA) is 131 Å². The number of nitrogens with one attached hydrogen (secondary N) is 2. The number of nitrogens with zero attached hydrogens (tertiary/aromatic N) is 1. The molecule has 0 saturated heterocycles. The standard InChI is InChI=1S/C29H25Cl2N3O7/c1-17(35)41-20-11-8-18(9-12-20)15-24(34-28(38)21-5-2-3-6-22(21)29(34)39)27(37)33-32-26(36)7-4-14-40-25-13-10-19(30)16-23(25)31/h2-3,5-6,8-13,16,24H,4,7,14-15H2,1H3,(H,32,36)(H,33,37)/t24-/m0/s1. The number of hydrazine groups is 1. The molecule has 41 heavy (non-hydrogen) atoms. The minimum Gasteiger partial charge on any atom is -0.492 e. The van der Waals surface area contributed by atoms with Crippen LogP contribution in [0.4, 0.5) is 0 Å². The molecule has 1 aliphatic rings. The highest BCUT2D eigenvalue weighted by molar-refractivity contribution is 6.35. The molecule has 0 aliphatic carbocycles. The summed E-state index contributed by atoms with van der Waals surface area (Å²) in [6.45, 7) is 1.46. The first-order valence-electron chi connectivity index (χ1n) is 12.5. The van der Waals surface area contributed by atoms with Gasteiger partial charge in [0, 0.05) is 24.8 Å². The summed E-state index contributed by atoms with van der Waals surface area (Å²) in [6, 6.07) is 16.1. The molecule has 3 aromatic rings. The van der Waals surface area contributed by atoms with E-state index in [1.54, 1.807) is 42.5 Å². The summed E-state index contributed by atoms with van der Waals surface area (Å²) in [5.41, 5.74) is 5.61. The summed E-state index contributed by atoms with van der Waals surface area (Å²) in [5.74, 6) is -2.26. The Hall–Kier alpha value is -4.41. The predicted molar refractivity (Wildman–Crippen MR) is 150 cm³/mol. The SMILES string of the molecule is CC(=O)Oc1ccc(C[C@@H](C(=O)NNC(=O)CCCOc2ccc(Cl)cc2Cl)N2C(=O)c3ccccc3C2=O)cc1. The molecule has 10 nitrogen and oxygen atoms in total. The van der Waals surface area contributed by atoms with Crippen molar-refractivity contribution in [2.24, 2.45) is 0 Å². The van der Waals surface area contributed by atoms with Gasteiger partial charge in [-0.15, -0.1) is 0 Å². The second-order valence-electron chi connectivity index (χ2n) is 9.05. The molecular formula is C29H25Cl2N3O7. The molecule has 0 spiro atoms. The Bertz CT molecular complexity index is 1460. The van der Waals surface area contributed by atoms with Crippen LogP contribution in [-0.4, -0.2) is 47.1 Å². The van der Waals surface area contributed by atoms with E-state index in [4.69, 9.17) is 32.7 Å². The Kier molecular flexibility index (Phi) is 9.59. The number of carbonyl (C=O) groups is 5. The van der Waals surface area contributed by atoms with Crippen molar-refractivity contribution in [3.05, 3.63) is 93.5 Å². The molecule has 3 aromatic carbocycles. The summed E-state index contributed by atoms with van der Waals surface area (Å²) >= 11 is 11.9. The molecule has 0 saturated carbocycles. The summed E-state index contributed by atoms with van der Waals surface area (Å²) in [4.78, 5) is 64.1. The van der Waals surface area contributed by atoms with E-state index in [1.807, 2.05) is 0 Å². The van der Waals surface area contributed by atoms with E-state index in [9.17, 15) is 24.0 Å². The van der Waals surface area contributed by atoms with Gasteiger partial charge in [0.05, 0.1) is 22.8 Å². The third-order valence-corrected chi connectivity index (χ3v) is 6.61. The largest absolute Gasteiger partial charge is 0.492 e. The molecular weight excluding hydrogens is 573 g/mol. The lowest BCUT2D eigenvalue weighted by Gasteiger charge is -2.25. The number of hydrogen-bond acceptors (Lipinski definition) is 7. The van der Waals surface area contributed by atoms with Gasteiger partial charge in [0.15, 0.2) is 0 Å². The Morgan fingerprint density at radius 1 is 0.902 bits per heavy atom. The van der Waals surface area contributed by atoms with Crippen molar-refractivity contribution in [3.8, 4) is 11.5 Å². The van der Waals surface area contributed by atoms with Gasteiger partial charge in [0.25, 0.3) is 17.7 Å². The molecule has 4 rings (SSSR count). The van der Waals surface area contributed by atoms with Crippen LogP contribution in [0.3, 0.4) is 0 Å². The van der Waals surface area contributed by atoms with Crippen molar-refractivity contribution >= 4 is 52.8 Å². The maximum atomic E-state index is 13.3. The average Bonchev–Trinajstić information content (AvgIpc) is 3.19. The van der Waals surface area contributed by atoms with Gasteiger partial charge in [0.2, 0.25) is 5.91 Å². The fourth-order valence-electron chi connectivity index (χ4n) is 4.16. The van der Waals surface area contributed by atoms with Crippen LogP contribution < -0.4 is 20.3 Å². The number of rotatable bonds is 10. The fraction of sp³-hybridized carbons (Fsp3) is 0.207. The number of imide groups is 1. The Balaban J connectivity index is 1.39. The van der Waals surface area contributed by atoms with Gasteiger partial charge in [-0.2, -0.15) is 0 Å². The first-order chi connectivity index (χ1) is 19.6. The maximum absolute atomic E-state index is 13.3. The van der Waals surface area contributed by atoms with Gasteiger partial charge in [0.1, 0.15) is 17.5 Å². The normalized spacial score (nSPS) is 12.9. The van der Waals surface area contributed by atoms with Crippen molar-refractivity contribution in [3.63, 3.8) is 0 Å². The second kappa shape index (κ2) is 13.3. The lowest BCUT2D eigenvalue weighted by atomic mass is 10.0. The van der Waals surface area contributed by atoms with E-state index in [0.717, 1.165) is 4.90 Å². The third kappa shape index (κ3) is 7.41. The van der Waals surface area contributed by atoms with E-state index >= 15 is 0 Å². The van der Waals surface area contributed by atoms with Crippen LogP contribution in [0.5, 0.6) is 11.5 Å². The molecule has 0 fully saturated rings. The van der Waals surface area contributed by atoms with E-state index < -0.39 is 35.6 Å². The second-order valence-corrected chi connectivity index (χ2v) is 9.89. The Morgan fingerprint density at radius 3 is 2.17 bits per heavy atom. The molecule has 12 heteroatoms. The highest BCUT2D eigenvalue weighted by Crippen LogP contribution is 2.28. The highest BCUT2D eigenvalue weighted by Gasteiger charge is 2.42. The minimum absolute atomic E-state index is 0.0147. The van der Waals surface area contributed by atoms with Crippen LogP contribution >= 0.6 is 23.2 Å². The smallest absolute Gasteiger partial charge is 0.308 e.